The van der Waals surface area contributed by atoms with E-state index in [-0.39, 0.29) is 6.04 Å². The molecular formula is C15H24N4O. The molecule has 2 N–H and O–H groups in total. The Morgan fingerprint density at radius 1 is 1.45 bits per heavy atom. The third kappa shape index (κ3) is 3.11. The van der Waals surface area contributed by atoms with Gasteiger partial charge in [-0.05, 0) is 18.6 Å². The summed E-state index contributed by atoms with van der Waals surface area (Å²) in [6.45, 7) is 3.61. The normalized spacial score (nSPS) is 12.8. The lowest BCUT2D eigenvalue weighted by molar-refractivity contribution is 0.206. The largest absolute Gasteiger partial charge is 0.383 e. The van der Waals surface area contributed by atoms with Crippen molar-refractivity contribution >= 4 is 11.5 Å². The minimum absolute atomic E-state index is 0.157. The highest BCUT2D eigenvalue weighted by Gasteiger charge is 2.17. The molecule has 1 atom stereocenters. The van der Waals surface area contributed by atoms with Gasteiger partial charge in [0.05, 0.1) is 12.3 Å². The predicted molar refractivity (Wildman–Crippen MR) is 82.3 cm³/mol. The van der Waals surface area contributed by atoms with Crippen LogP contribution in [0.2, 0.25) is 0 Å². The fraction of sp³-hybridized carbons (Fsp3) is 0.533. The van der Waals surface area contributed by atoms with E-state index in [1.54, 1.807) is 7.11 Å². The lowest BCUT2D eigenvalue weighted by Gasteiger charge is -2.19. The van der Waals surface area contributed by atoms with E-state index < -0.39 is 0 Å². The van der Waals surface area contributed by atoms with Crippen LogP contribution < -0.4 is 10.6 Å². The fourth-order valence-electron chi connectivity index (χ4n) is 2.26. The van der Waals surface area contributed by atoms with Crippen LogP contribution in [-0.2, 0) is 11.2 Å². The van der Waals surface area contributed by atoms with Crippen molar-refractivity contribution < 1.29 is 4.74 Å². The Kier molecular flexibility index (Phi) is 4.98. The Hall–Kier alpha value is -1.59. The third-order valence-electron chi connectivity index (χ3n) is 3.58. The molecule has 0 saturated carbocycles. The molecule has 0 aliphatic heterocycles. The number of aromatic nitrogens is 2. The summed E-state index contributed by atoms with van der Waals surface area (Å²) in [5, 5.41) is 0. The number of rotatable bonds is 7. The first-order valence-electron chi connectivity index (χ1n) is 7.09. The van der Waals surface area contributed by atoms with Gasteiger partial charge in [-0.2, -0.15) is 0 Å². The third-order valence-corrected chi connectivity index (χ3v) is 3.58. The van der Waals surface area contributed by atoms with Crippen LogP contribution in [0.25, 0.3) is 5.65 Å². The number of anilines is 1. The van der Waals surface area contributed by atoms with E-state index >= 15 is 0 Å². The summed E-state index contributed by atoms with van der Waals surface area (Å²) in [6, 6.07) is 6.21. The summed E-state index contributed by atoms with van der Waals surface area (Å²) in [6.07, 6.45) is 3.84. The Morgan fingerprint density at radius 3 is 2.95 bits per heavy atom. The molecule has 0 aromatic carbocycles. The van der Waals surface area contributed by atoms with Gasteiger partial charge >= 0.3 is 0 Å². The minimum atomic E-state index is 0.157. The zero-order chi connectivity index (χ0) is 14.5. The topological polar surface area (TPSA) is 55.8 Å². The second kappa shape index (κ2) is 6.72. The number of nitrogens with zero attached hydrogens (tertiary/aromatic N) is 3. The lowest BCUT2D eigenvalue weighted by Crippen LogP contribution is -2.27. The van der Waals surface area contributed by atoms with Gasteiger partial charge in [-0.15, -0.1) is 0 Å². The standard InChI is InChI=1S/C15H24N4O/c1-4-12(16)11-13-15(18(2)9-10-20-3)17-14-7-5-6-8-19(13)14/h5-8,12H,4,9-11,16H2,1-3H3. The number of nitrogens with two attached hydrogens (primary N) is 1. The van der Waals surface area contributed by atoms with Crippen molar-refractivity contribution in [3.8, 4) is 0 Å². The Labute approximate surface area is 120 Å². The first-order valence-corrected chi connectivity index (χ1v) is 7.09. The van der Waals surface area contributed by atoms with Gasteiger partial charge in [-0.3, -0.25) is 0 Å². The van der Waals surface area contributed by atoms with Gasteiger partial charge in [-0.1, -0.05) is 13.0 Å². The van der Waals surface area contributed by atoms with Crippen molar-refractivity contribution in [1.82, 2.24) is 9.38 Å². The fourth-order valence-corrected chi connectivity index (χ4v) is 2.26. The zero-order valence-corrected chi connectivity index (χ0v) is 12.5. The molecule has 2 heterocycles. The van der Waals surface area contributed by atoms with E-state index in [1.807, 2.05) is 31.4 Å². The van der Waals surface area contributed by atoms with Crippen LogP contribution >= 0.6 is 0 Å². The summed E-state index contributed by atoms with van der Waals surface area (Å²) < 4.78 is 7.28. The zero-order valence-electron chi connectivity index (χ0n) is 12.5. The van der Waals surface area contributed by atoms with E-state index in [0.29, 0.717) is 6.61 Å². The molecule has 0 radical (unpaired) electrons. The number of methoxy groups -OCH3 is 1. The van der Waals surface area contributed by atoms with Crippen LogP contribution in [0.5, 0.6) is 0 Å². The maximum Gasteiger partial charge on any atom is 0.151 e. The van der Waals surface area contributed by atoms with E-state index in [2.05, 4.69) is 16.2 Å². The highest BCUT2D eigenvalue weighted by molar-refractivity contribution is 5.55. The highest BCUT2D eigenvalue weighted by Crippen LogP contribution is 2.22. The summed E-state index contributed by atoms with van der Waals surface area (Å²) in [7, 11) is 3.76. The van der Waals surface area contributed by atoms with Crippen LogP contribution in [0.1, 0.15) is 19.0 Å². The molecule has 0 aliphatic rings. The van der Waals surface area contributed by atoms with Crippen LogP contribution in [0, 0.1) is 0 Å². The summed E-state index contributed by atoms with van der Waals surface area (Å²) in [5.41, 5.74) is 8.28. The number of fused-ring (bicyclic) bond motifs is 1. The van der Waals surface area contributed by atoms with E-state index in [1.165, 1.54) is 5.69 Å². The maximum absolute atomic E-state index is 6.14. The van der Waals surface area contributed by atoms with Crippen molar-refractivity contribution in [2.24, 2.45) is 5.73 Å². The van der Waals surface area contributed by atoms with Gasteiger partial charge in [0, 0.05) is 39.4 Å². The molecule has 0 bridgehead atoms. The van der Waals surface area contributed by atoms with Gasteiger partial charge in [0.2, 0.25) is 0 Å². The average molecular weight is 276 g/mol. The molecule has 2 aromatic heterocycles. The van der Waals surface area contributed by atoms with Gasteiger partial charge in [0.1, 0.15) is 5.65 Å². The average Bonchev–Trinajstić information content (AvgIpc) is 2.83. The smallest absolute Gasteiger partial charge is 0.151 e. The summed E-state index contributed by atoms with van der Waals surface area (Å²) in [5.74, 6) is 0.997. The lowest BCUT2D eigenvalue weighted by atomic mass is 10.1. The van der Waals surface area contributed by atoms with Crippen LogP contribution in [0.3, 0.4) is 0 Å². The van der Waals surface area contributed by atoms with E-state index in [4.69, 9.17) is 15.5 Å². The highest BCUT2D eigenvalue weighted by atomic mass is 16.5. The maximum atomic E-state index is 6.14. The number of ether oxygens (including phenoxy) is 1. The van der Waals surface area contributed by atoms with Crippen molar-refractivity contribution in [3.05, 3.63) is 30.1 Å². The van der Waals surface area contributed by atoms with Gasteiger partial charge < -0.3 is 19.8 Å². The van der Waals surface area contributed by atoms with Gasteiger partial charge in [0.25, 0.3) is 0 Å². The molecule has 5 heteroatoms. The Morgan fingerprint density at radius 2 is 2.25 bits per heavy atom. The molecule has 0 aliphatic carbocycles. The molecule has 0 spiro atoms. The Balaban J connectivity index is 2.38. The number of hydrogen-bond donors (Lipinski definition) is 1. The molecule has 0 fully saturated rings. The number of imidazole rings is 1. The monoisotopic (exact) mass is 276 g/mol. The second-order valence-electron chi connectivity index (χ2n) is 5.10. The molecule has 1 unspecified atom stereocenters. The number of likely N-dealkylation sites (N-methyl/N-ethyl adjacent to an activating group) is 1. The van der Waals surface area contributed by atoms with Crippen LogP contribution in [-0.4, -0.2) is 42.7 Å². The molecule has 2 rings (SSSR count). The predicted octanol–water partition coefficient (Wildman–Crippen LogP) is 1.70. The van der Waals surface area contributed by atoms with Gasteiger partial charge in [-0.25, -0.2) is 4.98 Å². The van der Waals surface area contributed by atoms with Crippen LogP contribution in [0.4, 0.5) is 5.82 Å². The number of pyridine rings is 1. The quantitative estimate of drug-likeness (QED) is 0.836. The van der Waals surface area contributed by atoms with Crippen LogP contribution in [0.15, 0.2) is 24.4 Å². The van der Waals surface area contributed by atoms with Crippen molar-refractivity contribution in [2.75, 3.05) is 32.2 Å². The SMILES string of the molecule is CCC(N)Cc1c(N(C)CCOC)nc2ccccn12. The van der Waals surface area contributed by atoms with Gasteiger partial charge in [0.15, 0.2) is 5.82 Å². The Bertz CT molecular complexity index is 552. The molecule has 0 saturated heterocycles. The summed E-state index contributed by atoms with van der Waals surface area (Å²) >= 11 is 0. The molecular weight excluding hydrogens is 252 g/mol. The molecule has 20 heavy (non-hydrogen) atoms. The second-order valence-corrected chi connectivity index (χ2v) is 5.10. The van der Waals surface area contributed by atoms with E-state index in [0.717, 1.165) is 30.9 Å². The van der Waals surface area contributed by atoms with Crippen molar-refractivity contribution in [1.29, 1.82) is 0 Å². The minimum Gasteiger partial charge on any atom is -0.383 e. The summed E-state index contributed by atoms with van der Waals surface area (Å²) in [4.78, 5) is 6.86. The van der Waals surface area contributed by atoms with E-state index in [9.17, 15) is 0 Å². The first kappa shape index (κ1) is 14.8. The first-order chi connectivity index (χ1) is 9.67. The molecule has 5 nitrogen and oxygen atoms in total. The molecule has 110 valence electrons. The van der Waals surface area contributed by atoms with Crippen molar-refractivity contribution in [3.63, 3.8) is 0 Å². The molecule has 0 amide bonds. The molecule has 2 aromatic rings. The number of hydrogen-bond acceptors (Lipinski definition) is 4. The van der Waals surface area contributed by atoms with Crippen molar-refractivity contribution in [2.45, 2.75) is 25.8 Å².